The number of halogens is 3. The molecule has 0 unspecified atom stereocenters. The molecule has 2 aromatic carbocycles. The second-order valence-corrected chi connectivity index (χ2v) is 10.1. The van der Waals surface area contributed by atoms with E-state index >= 15 is 0 Å². The predicted molar refractivity (Wildman–Crippen MR) is 131 cm³/mol. The quantitative estimate of drug-likeness (QED) is 0.320. The molecule has 0 aliphatic carbocycles. The van der Waals surface area contributed by atoms with E-state index in [2.05, 4.69) is 0 Å². The van der Waals surface area contributed by atoms with Gasteiger partial charge in [0.2, 0.25) is 0 Å². The van der Waals surface area contributed by atoms with Gasteiger partial charge in [0.1, 0.15) is 16.7 Å². The Kier molecular flexibility index (Phi) is 7.47. The molecule has 2 aliphatic rings. The minimum absolute atomic E-state index is 0.0586. The van der Waals surface area contributed by atoms with Crippen molar-refractivity contribution in [3.8, 4) is 5.75 Å². The summed E-state index contributed by atoms with van der Waals surface area (Å²) in [6.45, 7) is 1.55. The molecule has 0 N–H and O–H groups in total. The van der Waals surface area contributed by atoms with Crippen LogP contribution in [-0.2, 0) is 16.1 Å². The normalized spacial score (nSPS) is 20.2. The number of ether oxygens (including phenoxy) is 2. The van der Waals surface area contributed by atoms with Gasteiger partial charge in [-0.3, -0.25) is 9.69 Å². The molecule has 2 heterocycles. The van der Waals surface area contributed by atoms with Crippen molar-refractivity contribution in [2.24, 2.45) is 0 Å². The first kappa shape index (κ1) is 22.9. The van der Waals surface area contributed by atoms with Gasteiger partial charge in [-0.15, -0.1) is 0 Å². The SMILES string of the molecule is O=C1/C(=C/c2ccc(OCc3ccc(Cl)c(Cl)c3)c(Cl)c2)SC(=S)N1C[C@@H]1CCCO1. The zero-order valence-corrected chi connectivity index (χ0v) is 20.2. The van der Waals surface area contributed by atoms with E-state index in [1.807, 2.05) is 12.1 Å². The Morgan fingerprint density at radius 1 is 1.16 bits per heavy atom. The van der Waals surface area contributed by atoms with Crippen LogP contribution in [0, 0.1) is 0 Å². The fourth-order valence-corrected chi connectivity index (χ4v) is 5.15. The summed E-state index contributed by atoms with van der Waals surface area (Å²) in [6.07, 6.45) is 3.83. The number of rotatable bonds is 6. The molecule has 9 heteroatoms. The van der Waals surface area contributed by atoms with Gasteiger partial charge in [-0.05, 0) is 54.3 Å². The molecule has 2 aromatic rings. The number of amides is 1. The zero-order valence-electron chi connectivity index (χ0n) is 16.3. The molecule has 0 radical (unpaired) electrons. The molecule has 31 heavy (non-hydrogen) atoms. The van der Waals surface area contributed by atoms with Crippen LogP contribution in [0.5, 0.6) is 5.75 Å². The fraction of sp³-hybridized carbons (Fsp3) is 0.273. The van der Waals surface area contributed by atoms with E-state index in [0.29, 0.717) is 43.2 Å². The van der Waals surface area contributed by atoms with Crippen LogP contribution < -0.4 is 4.74 Å². The lowest BCUT2D eigenvalue weighted by atomic mass is 10.2. The summed E-state index contributed by atoms with van der Waals surface area (Å²) < 4.78 is 12.0. The Hall–Kier alpha value is -1.28. The van der Waals surface area contributed by atoms with Crippen LogP contribution >= 0.6 is 58.8 Å². The molecule has 2 saturated heterocycles. The monoisotopic (exact) mass is 513 g/mol. The van der Waals surface area contributed by atoms with Crippen LogP contribution in [0.1, 0.15) is 24.0 Å². The van der Waals surface area contributed by atoms with Crippen LogP contribution in [0.25, 0.3) is 6.08 Å². The number of hydrogen-bond acceptors (Lipinski definition) is 5. The number of carbonyl (C=O) groups is 1. The number of thioether (sulfide) groups is 1. The summed E-state index contributed by atoms with van der Waals surface area (Å²) in [5, 5.41) is 1.42. The molecule has 0 aromatic heterocycles. The van der Waals surface area contributed by atoms with Gasteiger partial charge in [0.05, 0.1) is 32.6 Å². The van der Waals surface area contributed by atoms with Crippen LogP contribution in [0.4, 0.5) is 0 Å². The Labute approximate surface area is 205 Å². The third-order valence-electron chi connectivity index (χ3n) is 4.92. The maximum atomic E-state index is 12.8. The molecule has 1 amide bonds. The summed E-state index contributed by atoms with van der Waals surface area (Å²) in [5.41, 5.74) is 1.67. The number of nitrogens with zero attached hydrogens (tertiary/aromatic N) is 1. The molecular weight excluding hydrogens is 497 g/mol. The summed E-state index contributed by atoms with van der Waals surface area (Å²) in [7, 11) is 0. The number of hydrogen-bond donors (Lipinski definition) is 0. The molecule has 0 bridgehead atoms. The van der Waals surface area contributed by atoms with E-state index in [0.717, 1.165) is 30.6 Å². The topological polar surface area (TPSA) is 38.8 Å². The second-order valence-electron chi connectivity index (χ2n) is 7.15. The average Bonchev–Trinajstić information content (AvgIpc) is 3.34. The van der Waals surface area contributed by atoms with Gasteiger partial charge >= 0.3 is 0 Å². The van der Waals surface area contributed by atoms with Gasteiger partial charge in [0.25, 0.3) is 5.91 Å². The molecular formula is C22H18Cl3NO3S2. The number of benzene rings is 2. The zero-order chi connectivity index (χ0) is 22.0. The van der Waals surface area contributed by atoms with Crippen molar-refractivity contribution in [3.05, 3.63) is 67.5 Å². The van der Waals surface area contributed by atoms with Crippen LogP contribution in [-0.4, -0.2) is 34.4 Å². The summed E-state index contributed by atoms with van der Waals surface area (Å²) in [4.78, 5) is 15.0. The number of thiocarbonyl (C=S) groups is 1. The first-order valence-corrected chi connectivity index (χ1v) is 12.0. The van der Waals surface area contributed by atoms with E-state index in [9.17, 15) is 4.79 Å². The largest absolute Gasteiger partial charge is 0.487 e. The molecule has 2 aliphatic heterocycles. The van der Waals surface area contributed by atoms with Gasteiger partial charge in [0, 0.05) is 6.61 Å². The first-order valence-electron chi connectivity index (χ1n) is 9.64. The van der Waals surface area contributed by atoms with Crippen molar-refractivity contribution < 1.29 is 14.3 Å². The third-order valence-corrected chi connectivity index (χ3v) is 7.33. The lowest BCUT2D eigenvalue weighted by Crippen LogP contribution is -2.35. The minimum Gasteiger partial charge on any atom is -0.487 e. The fourth-order valence-electron chi connectivity index (χ4n) is 3.32. The molecule has 1 atom stereocenters. The lowest BCUT2D eigenvalue weighted by Gasteiger charge is -2.18. The smallest absolute Gasteiger partial charge is 0.266 e. The minimum atomic E-state index is -0.0958. The van der Waals surface area contributed by atoms with Gasteiger partial charge in [-0.2, -0.15) is 0 Å². The van der Waals surface area contributed by atoms with Crippen molar-refractivity contribution in [1.82, 2.24) is 4.90 Å². The Balaban J connectivity index is 1.42. The Morgan fingerprint density at radius 3 is 2.71 bits per heavy atom. The molecule has 0 saturated carbocycles. The van der Waals surface area contributed by atoms with Gasteiger partial charge in [-0.1, -0.05) is 70.9 Å². The van der Waals surface area contributed by atoms with E-state index in [4.69, 9.17) is 56.5 Å². The van der Waals surface area contributed by atoms with Crippen molar-refractivity contribution in [2.45, 2.75) is 25.6 Å². The van der Waals surface area contributed by atoms with Crippen LogP contribution in [0.2, 0.25) is 15.1 Å². The second kappa shape index (κ2) is 10.1. The molecule has 0 spiro atoms. The maximum Gasteiger partial charge on any atom is 0.266 e. The highest BCUT2D eigenvalue weighted by molar-refractivity contribution is 8.26. The van der Waals surface area contributed by atoms with E-state index < -0.39 is 0 Å². The highest BCUT2D eigenvalue weighted by Crippen LogP contribution is 2.35. The predicted octanol–water partition coefficient (Wildman–Crippen LogP) is 6.61. The molecule has 4 rings (SSSR count). The van der Waals surface area contributed by atoms with Gasteiger partial charge in [0.15, 0.2) is 0 Å². The first-order chi connectivity index (χ1) is 14.9. The highest BCUT2D eigenvalue weighted by atomic mass is 35.5. The molecule has 162 valence electrons. The maximum absolute atomic E-state index is 12.8. The summed E-state index contributed by atoms with van der Waals surface area (Å²) >= 11 is 25.1. The van der Waals surface area contributed by atoms with Crippen LogP contribution in [0.3, 0.4) is 0 Å². The van der Waals surface area contributed by atoms with Crippen LogP contribution in [0.15, 0.2) is 41.3 Å². The van der Waals surface area contributed by atoms with E-state index in [1.165, 1.54) is 11.8 Å². The van der Waals surface area contributed by atoms with E-state index in [1.54, 1.807) is 35.2 Å². The lowest BCUT2D eigenvalue weighted by molar-refractivity contribution is -0.123. The summed E-state index contributed by atoms with van der Waals surface area (Å²) in [5.74, 6) is 0.442. The molecule has 4 nitrogen and oxygen atoms in total. The summed E-state index contributed by atoms with van der Waals surface area (Å²) in [6, 6.07) is 10.7. The highest BCUT2D eigenvalue weighted by Gasteiger charge is 2.34. The van der Waals surface area contributed by atoms with Crippen molar-refractivity contribution in [3.63, 3.8) is 0 Å². The Bertz CT molecular complexity index is 1050. The Morgan fingerprint density at radius 2 is 2.00 bits per heavy atom. The van der Waals surface area contributed by atoms with Crippen molar-refractivity contribution in [2.75, 3.05) is 13.2 Å². The van der Waals surface area contributed by atoms with Gasteiger partial charge < -0.3 is 9.47 Å². The van der Waals surface area contributed by atoms with Crippen molar-refractivity contribution in [1.29, 1.82) is 0 Å². The average molecular weight is 515 g/mol. The van der Waals surface area contributed by atoms with E-state index in [-0.39, 0.29) is 12.0 Å². The number of carbonyl (C=O) groups excluding carboxylic acids is 1. The molecule has 2 fully saturated rings. The van der Waals surface area contributed by atoms with Gasteiger partial charge in [-0.25, -0.2) is 0 Å². The third kappa shape index (κ3) is 5.56. The standard InChI is InChI=1S/C22H18Cl3NO3S2/c23-16-5-3-14(9-17(16)24)12-29-19-6-4-13(8-18(19)25)10-20-21(27)26(22(30)31-20)11-15-2-1-7-28-15/h3-6,8-10,15H,1-2,7,11-12H2/b20-10-/t15-/m0/s1. The van der Waals surface area contributed by atoms with Crippen molar-refractivity contribution >= 4 is 75.1 Å².